The van der Waals surface area contributed by atoms with Gasteiger partial charge >= 0.3 is 0 Å². The Morgan fingerprint density at radius 3 is 2.81 bits per heavy atom. The molecule has 2 N–H and O–H groups in total. The summed E-state index contributed by atoms with van der Waals surface area (Å²) in [5.74, 6) is 0.555. The van der Waals surface area contributed by atoms with Crippen molar-refractivity contribution in [2.45, 2.75) is 24.9 Å². The molecule has 0 amide bonds. The minimum Gasteiger partial charge on any atom is -0.381 e. The molecule has 0 radical (unpaired) electrons. The highest BCUT2D eigenvalue weighted by atomic mass is 16.5. The molecule has 3 atom stereocenters. The minimum absolute atomic E-state index is 0.257. The van der Waals surface area contributed by atoms with Crippen LogP contribution in [0.1, 0.15) is 12.8 Å². The zero-order chi connectivity index (χ0) is 11.5. The summed E-state index contributed by atoms with van der Waals surface area (Å²) in [6, 6.07) is 0.743. The van der Waals surface area contributed by atoms with Crippen molar-refractivity contribution in [3.63, 3.8) is 0 Å². The average Bonchev–Trinajstić information content (AvgIpc) is 2.72. The first-order chi connectivity index (χ1) is 7.68. The lowest BCUT2D eigenvalue weighted by atomic mass is 9.92. The molecule has 2 rings (SSSR count). The molecule has 94 valence electrons. The molecule has 0 aromatic rings. The molecule has 0 bridgehead atoms. The van der Waals surface area contributed by atoms with Crippen LogP contribution in [0, 0.1) is 5.92 Å². The van der Waals surface area contributed by atoms with E-state index in [1.54, 1.807) is 0 Å². The van der Waals surface area contributed by atoms with Gasteiger partial charge in [0.15, 0.2) is 0 Å². The summed E-state index contributed by atoms with van der Waals surface area (Å²) >= 11 is 0. The first-order valence-corrected chi connectivity index (χ1v) is 6.40. The van der Waals surface area contributed by atoms with Crippen LogP contribution in [0.2, 0.25) is 0 Å². The molecule has 0 spiro atoms. The number of hydrogen-bond donors (Lipinski definition) is 1. The Morgan fingerprint density at radius 1 is 1.31 bits per heavy atom. The summed E-state index contributed by atoms with van der Waals surface area (Å²) in [7, 11) is 4.41. The van der Waals surface area contributed by atoms with Crippen molar-refractivity contribution in [2.75, 3.05) is 46.9 Å². The maximum atomic E-state index is 6.43. The molecule has 0 saturated carbocycles. The van der Waals surface area contributed by atoms with Gasteiger partial charge in [-0.1, -0.05) is 0 Å². The maximum absolute atomic E-state index is 6.43. The third kappa shape index (κ3) is 2.74. The second-order valence-electron chi connectivity index (χ2n) is 5.36. The summed E-state index contributed by atoms with van der Waals surface area (Å²) in [6.45, 7) is 5.19. The van der Waals surface area contributed by atoms with E-state index in [0.717, 1.165) is 32.7 Å². The predicted molar refractivity (Wildman–Crippen MR) is 65.4 cm³/mol. The lowest BCUT2D eigenvalue weighted by Gasteiger charge is -2.35. The van der Waals surface area contributed by atoms with E-state index >= 15 is 0 Å². The number of ether oxygens (including phenoxy) is 1. The van der Waals surface area contributed by atoms with Gasteiger partial charge in [-0.2, -0.15) is 0 Å². The normalized spacial score (nSPS) is 36.2. The van der Waals surface area contributed by atoms with Crippen molar-refractivity contribution in [3.8, 4) is 0 Å². The van der Waals surface area contributed by atoms with E-state index in [4.69, 9.17) is 10.5 Å². The Balaban J connectivity index is 1.98. The number of hydrogen-bond acceptors (Lipinski definition) is 4. The number of nitrogens with zero attached hydrogens (tertiary/aromatic N) is 2. The Kier molecular flexibility index (Phi) is 4.19. The van der Waals surface area contributed by atoms with E-state index in [1.165, 1.54) is 13.0 Å². The first kappa shape index (κ1) is 12.3. The lowest BCUT2D eigenvalue weighted by Crippen LogP contribution is -2.53. The number of rotatable bonds is 2. The van der Waals surface area contributed by atoms with Gasteiger partial charge in [-0.3, -0.25) is 0 Å². The fourth-order valence-electron chi connectivity index (χ4n) is 2.89. The van der Waals surface area contributed by atoms with Crippen molar-refractivity contribution in [1.29, 1.82) is 0 Å². The molecule has 16 heavy (non-hydrogen) atoms. The van der Waals surface area contributed by atoms with Crippen LogP contribution >= 0.6 is 0 Å². The van der Waals surface area contributed by atoms with Crippen molar-refractivity contribution in [2.24, 2.45) is 11.7 Å². The van der Waals surface area contributed by atoms with Gasteiger partial charge in [-0.05, 0) is 40.0 Å². The Hall–Kier alpha value is -0.160. The van der Waals surface area contributed by atoms with Gasteiger partial charge in [-0.25, -0.2) is 0 Å². The van der Waals surface area contributed by atoms with Gasteiger partial charge in [0, 0.05) is 31.2 Å². The van der Waals surface area contributed by atoms with E-state index in [9.17, 15) is 0 Å². The molecule has 0 aromatic carbocycles. The molecule has 3 unspecified atom stereocenters. The van der Waals surface area contributed by atoms with Gasteiger partial charge in [0.25, 0.3) is 0 Å². The Morgan fingerprint density at radius 2 is 2.12 bits per heavy atom. The highest BCUT2D eigenvalue weighted by molar-refractivity contribution is 4.90. The zero-order valence-electron chi connectivity index (χ0n) is 10.6. The molecule has 2 aliphatic heterocycles. The molecular formula is C12H25N3O. The SMILES string of the molecule is CN1CCCN(C)C(C(N)C2CCOC2)C1. The maximum Gasteiger partial charge on any atom is 0.0510 e. The third-order valence-electron chi connectivity index (χ3n) is 4.07. The topological polar surface area (TPSA) is 41.7 Å². The van der Waals surface area contributed by atoms with Crippen molar-refractivity contribution >= 4 is 0 Å². The van der Waals surface area contributed by atoms with Crippen LogP contribution in [-0.4, -0.2) is 68.8 Å². The lowest BCUT2D eigenvalue weighted by molar-refractivity contribution is 0.142. The fraction of sp³-hybridized carbons (Fsp3) is 1.00. The molecule has 0 aromatic heterocycles. The van der Waals surface area contributed by atoms with Gasteiger partial charge in [-0.15, -0.1) is 0 Å². The fourth-order valence-corrected chi connectivity index (χ4v) is 2.89. The number of likely N-dealkylation sites (N-methyl/N-ethyl adjacent to an activating group) is 2. The summed E-state index contributed by atoms with van der Waals surface area (Å²) in [5.41, 5.74) is 6.43. The van der Waals surface area contributed by atoms with E-state index in [0.29, 0.717) is 12.0 Å². The minimum atomic E-state index is 0.257. The van der Waals surface area contributed by atoms with E-state index in [2.05, 4.69) is 23.9 Å². The van der Waals surface area contributed by atoms with Crippen LogP contribution < -0.4 is 5.73 Å². The predicted octanol–water partition coefficient (Wildman–Crippen LogP) is -0.0139. The Bertz CT molecular complexity index is 218. The summed E-state index contributed by atoms with van der Waals surface area (Å²) in [5, 5.41) is 0. The van der Waals surface area contributed by atoms with Crippen molar-refractivity contribution in [3.05, 3.63) is 0 Å². The second kappa shape index (κ2) is 5.45. The van der Waals surface area contributed by atoms with Gasteiger partial charge in [0.1, 0.15) is 0 Å². The molecule has 2 fully saturated rings. The van der Waals surface area contributed by atoms with Crippen molar-refractivity contribution in [1.82, 2.24) is 9.80 Å². The molecule has 4 heteroatoms. The third-order valence-corrected chi connectivity index (χ3v) is 4.07. The highest BCUT2D eigenvalue weighted by Gasteiger charge is 2.33. The van der Waals surface area contributed by atoms with Crippen LogP contribution in [0.5, 0.6) is 0 Å². The van der Waals surface area contributed by atoms with Gasteiger partial charge < -0.3 is 20.3 Å². The monoisotopic (exact) mass is 227 g/mol. The van der Waals surface area contributed by atoms with E-state index in [-0.39, 0.29) is 6.04 Å². The van der Waals surface area contributed by atoms with Gasteiger partial charge in [0.05, 0.1) is 6.61 Å². The van der Waals surface area contributed by atoms with Crippen LogP contribution in [0.3, 0.4) is 0 Å². The first-order valence-electron chi connectivity index (χ1n) is 6.40. The molecule has 2 saturated heterocycles. The van der Waals surface area contributed by atoms with E-state index in [1.807, 2.05) is 0 Å². The summed E-state index contributed by atoms with van der Waals surface area (Å²) in [6.07, 6.45) is 2.38. The summed E-state index contributed by atoms with van der Waals surface area (Å²) < 4.78 is 5.45. The van der Waals surface area contributed by atoms with Crippen LogP contribution in [0.15, 0.2) is 0 Å². The largest absolute Gasteiger partial charge is 0.381 e. The molecule has 4 nitrogen and oxygen atoms in total. The smallest absolute Gasteiger partial charge is 0.0510 e. The van der Waals surface area contributed by atoms with Crippen LogP contribution in [0.25, 0.3) is 0 Å². The quantitative estimate of drug-likeness (QED) is 0.720. The Labute approximate surface area is 98.7 Å². The average molecular weight is 227 g/mol. The van der Waals surface area contributed by atoms with Gasteiger partial charge in [0.2, 0.25) is 0 Å². The number of nitrogens with two attached hydrogens (primary N) is 1. The molecule has 2 aliphatic rings. The summed E-state index contributed by atoms with van der Waals surface area (Å²) in [4.78, 5) is 4.84. The standard InChI is InChI=1S/C12H25N3O/c1-14-5-3-6-15(2)11(8-14)12(13)10-4-7-16-9-10/h10-12H,3-9,13H2,1-2H3. The van der Waals surface area contributed by atoms with E-state index < -0.39 is 0 Å². The highest BCUT2D eigenvalue weighted by Crippen LogP contribution is 2.21. The van der Waals surface area contributed by atoms with Crippen molar-refractivity contribution < 1.29 is 4.74 Å². The zero-order valence-corrected chi connectivity index (χ0v) is 10.6. The second-order valence-corrected chi connectivity index (χ2v) is 5.36. The molecule has 0 aliphatic carbocycles. The molecular weight excluding hydrogens is 202 g/mol. The van der Waals surface area contributed by atoms with Crippen LogP contribution in [0.4, 0.5) is 0 Å². The van der Waals surface area contributed by atoms with Crippen LogP contribution in [-0.2, 0) is 4.74 Å². The molecule has 2 heterocycles.